The Hall–Kier alpha value is -2.08. The van der Waals surface area contributed by atoms with Gasteiger partial charge in [-0.05, 0) is 25.0 Å². The fourth-order valence-corrected chi connectivity index (χ4v) is 1.77. The molecule has 22 heavy (non-hydrogen) atoms. The number of likely N-dealkylation sites (N-methyl/N-ethyl adjacent to an activating group) is 1. The Balaban J connectivity index is 2.30. The third kappa shape index (κ3) is 6.58. The number of carbonyl (C=O) groups is 2. The van der Waals surface area contributed by atoms with Gasteiger partial charge in [-0.15, -0.1) is 0 Å². The normalized spacial score (nSPS) is 10.1. The molecule has 0 atom stereocenters. The molecule has 0 heterocycles. The first-order valence-electron chi connectivity index (χ1n) is 7.22. The summed E-state index contributed by atoms with van der Waals surface area (Å²) < 4.78 is 10.4. The molecule has 0 fully saturated rings. The number of methoxy groups -OCH3 is 1. The number of benzene rings is 1. The van der Waals surface area contributed by atoms with Crippen molar-refractivity contribution in [2.24, 2.45) is 0 Å². The molecule has 0 aliphatic heterocycles. The summed E-state index contributed by atoms with van der Waals surface area (Å²) in [6, 6.07) is 7.48. The average molecular weight is 308 g/mol. The summed E-state index contributed by atoms with van der Waals surface area (Å²) in [6.45, 7) is 2.98. The molecule has 0 unspecified atom stereocenters. The highest BCUT2D eigenvalue weighted by Gasteiger charge is 2.13. The van der Waals surface area contributed by atoms with Crippen LogP contribution in [0.25, 0.3) is 0 Å². The van der Waals surface area contributed by atoms with E-state index in [2.05, 4.69) is 5.32 Å². The van der Waals surface area contributed by atoms with Crippen molar-refractivity contribution in [2.45, 2.75) is 13.3 Å². The van der Waals surface area contributed by atoms with Gasteiger partial charge in [0.05, 0.1) is 6.54 Å². The van der Waals surface area contributed by atoms with E-state index < -0.39 is 0 Å². The van der Waals surface area contributed by atoms with Crippen molar-refractivity contribution < 1.29 is 19.1 Å². The average Bonchev–Trinajstić information content (AvgIpc) is 2.50. The molecule has 0 saturated heterocycles. The van der Waals surface area contributed by atoms with Gasteiger partial charge in [0.1, 0.15) is 5.75 Å². The number of hydrogen-bond acceptors (Lipinski definition) is 4. The molecule has 0 aliphatic rings. The molecular weight excluding hydrogens is 284 g/mol. The van der Waals surface area contributed by atoms with Crippen LogP contribution in [0.3, 0.4) is 0 Å². The number of aryl methyl sites for hydroxylation is 1. The van der Waals surface area contributed by atoms with Crippen molar-refractivity contribution in [3.05, 3.63) is 29.8 Å². The fraction of sp³-hybridized carbons (Fsp3) is 0.500. The smallest absolute Gasteiger partial charge is 0.260 e. The zero-order chi connectivity index (χ0) is 16.4. The minimum absolute atomic E-state index is 0.0168. The Kier molecular flexibility index (Phi) is 7.99. The zero-order valence-electron chi connectivity index (χ0n) is 13.4. The van der Waals surface area contributed by atoms with Crippen molar-refractivity contribution in [1.82, 2.24) is 10.2 Å². The van der Waals surface area contributed by atoms with Gasteiger partial charge in [0.15, 0.2) is 6.61 Å². The number of nitrogens with one attached hydrogen (secondary N) is 1. The van der Waals surface area contributed by atoms with Crippen molar-refractivity contribution in [1.29, 1.82) is 0 Å². The molecule has 122 valence electrons. The summed E-state index contributed by atoms with van der Waals surface area (Å²) in [4.78, 5) is 25.0. The van der Waals surface area contributed by atoms with Crippen molar-refractivity contribution >= 4 is 11.8 Å². The van der Waals surface area contributed by atoms with E-state index in [1.807, 2.05) is 31.2 Å². The van der Waals surface area contributed by atoms with Crippen LogP contribution in [0.2, 0.25) is 0 Å². The van der Waals surface area contributed by atoms with Crippen LogP contribution in [0, 0.1) is 6.92 Å². The van der Waals surface area contributed by atoms with E-state index in [0.717, 1.165) is 12.0 Å². The molecule has 1 rings (SSSR count). The topological polar surface area (TPSA) is 67.9 Å². The molecule has 1 aromatic carbocycles. The highest BCUT2D eigenvalue weighted by Crippen LogP contribution is 2.15. The maximum Gasteiger partial charge on any atom is 0.260 e. The van der Waals surface area contributed by atoms with Gasteiger partial charge in [-0.2, -0.15) is 0 Å². The number of hydrogen-bond donors (Lipinski definition) is 1. The molecule has 6 nitrogen and oxygen atoms in total. The summed E-state index contributed by atoms with van der Waals surface area (Å²) in [5.74, 6) is 0.242. The molecule has 0 saturated carbocycles. The van der Waals surface area contributed by atoms with Crippen LogP contribution >= 0.6 is 0 Å². The fourth-order valence-electron chi connectivity index (χ4n) is 1.77. The Morgan fingerprint density at radius 3 is 2.68 bits per heavy atom. The van der Waals surface area contributed by atoms with Gasteiger partial charge in [0.25, 0.3) is 5.91 Å². The molecule has 0 radical (unpaired) electrons. The van der Waals surface area contributed by atoms with E-state index >= 15 is 0 Å². The SMILES string of the molecule is COCCCNC(=O)CN(C)C(=O)COc1ccccc1C. The molecule has 0 aromatic heterocycles. The standard InChI is InChI=1S/C16H24N2O4/c1-13-7-4-5-8-14(13)22-12-16(20)18(2)11-15(19)17-9-6-10-21-3/h4-5,7-8H,6,9-12H2,1-3H3,(H,17,19). The van der Waals surface area contributed by atoms with Gasteiger partial charge in [-0.1, -0.05) is 18.2 Å². The summed E-state index contributed by atoms with van der Waals surface area (Å²) in [5, 5.41) is 2.73. The third-order valence-electron chi connectivity index (χ3n) is 3.10. The number of carbonyl (C=O) groups excluding carboxylic acids is 2. The first-order chi connectivity index (χ1) is 10.5. The van der Waals surface area contributed by atoms with E-state index in [4.69, 9.17) is 9.47 Å². The van der Waals surface area contributed by atoms with Gasteiger partial charge in [0, 0.05) is 27.3 Å². The van der Waals surface area contributed by atoms with Crippen molar-refractivity contribution in [3.63, 3.8) is 0 Å². The predicted octanol–water partition coefficient (Wildman–Crippen LogP) is 0.985. The Bertz CT molecular complexity index is 491. The van der Waals surface area contributed by atoms with Crippen LogP contribution < -0.4 is 10.1 Å². The quantitative estimate of drug-likeness (QED) is 0.691. The zero-order valence-corrected chi connectivity index (χ0v) is 13.4. The van der Waals surface area contributed by atoms with Gasteiger partial charge in [-0.25, -0.2) is 0 Å². The van der Waals surface area contributed by atoms with Crippen LogP contribution in [-0.4, -0.2) is 57.2 Å². The molecule has 0 bridgehead atoms. The number of para-hydroxylation sites is 1. The maximum absolute atomic E-state index is 11.9. The van der Waals surface area contributed by atoms with E-state index in [-0.39, 0.29) is 25.0 Å². The third-order valence-corrected chi connectivity index (χ3v) is 3.10. The van der Waals surface area contributed by atoms with E-state index in [9.17, 15) is 9.59 Å². The van der Waals surface area contributed by atoms with Crippen LogP contribution in [0.5, 0.6) is 5.75 Å². The highest BCUT2D eigenvalue weighted by atomic mass is 16.5. The number of rotatable bonds is 9. The first-order valence-corrected chi connectivity index (χ1v) is 7.22. The maximum atomic E-state index is 11.9. The Labute approximate surface area is 131 Å². The largest absolute Gasteiger partial charge is 0.484 e. The van der Waals surface area contributed by atoms with Gasteiger partial charge >= 0.3 is 0 Å². The number of nitrogens with zero attached hydrogens (tertiary/aromatic N) is 1. The summed E-state index contributed by atoms with van der Waals surface area (Å²) >= 11 is 0. The summed E-state index contributed by atoms with van der Waals surface area (Å²) in [5.41, 5.74) is 0.967. The highest BCUT2D eigenvalue weighted by molar-refractivity contribution is 5.85. The Morgan fingerprint density at radius 2 is 2.00 bits per heavy atom. The monoisotopic (exact) mass is 308 g/mol. The van der Waals surface area contributed by atoms with Gasteiger partial charge in [0.2, 0.25) is 5.91 Å². The van der Waals surface area contributed by atoms with E-state index in [1.54, 1.807) is 14.2 Å². The van der Waals surface area contributed by atoms with Gasteiger partial charge < -0.3 is 19.7 Å². The second-order valence-electron chi connectivity index (χ2n) is 5.00. The molecule has 0 spiro atoms. The lowest BCUT2D eigenvalue weighted by molar-refractivity contribution is -0.136. The lowest BCUT2D eigenvalue weighted by Crippen LogP contribution is -2.40. The van der Waals surface area contributed by atoms with Crippen LogP contribution in [0.15, 0.2) is 24.3 Å². The van der Waals surface area contributed by atoms with Crippen LogP contribution in [-0.2, 0) is 14.3 Å². The predicted molar refractivity (Wildman–Crippen MR) is 83.8 cm³/mol. The lowest BCUT2D eigenvalue weighted by atomic mass is 10.2. The molecule has 2 amide bonds. The minimum atomic E-state index is -0.240. The van der Waals surface area contributed by atoms with Crippen molar-refractivity contribution in [2.75, 3.05) is 40.5 Å². The minimum Gasteiger partial charge on any atom is -0.484 e. The number of amides is 2. The molecule has 1 N–H and O–H groups in total. The molecular formula is C16H24N2O4. The molecule has 0 aliphatic carbocycles. The van der Waals surface area contributed by atoms with Crippen LogP contribution in [0.1, 0.15) is 12.0 Å². The second-order valence-corrected chi connectivity index (χ2v) is 5.00. The van der Waals surface area contributed by atoms with Crippen molar-refractivity contribution in [3.8, 4) is 5.75 Å². The Morgan fingerprint density at radius 1 is 1.27 bits per heavy atom. The van der Waals surface area contributed by atoms with Gasteiger partial charge in [-0.3, -0.25) is 9.59 Å². The summed E-state index contributed by atoms with van der Waals surface area (Å²) in [6.07, 6.45) is 0.746. The van der Waals surface area contributed by atoms with E-state index in [1.165, 1.54) is 4.90 Å². The molecule has 1 aromatic rings. The van der Waals surface area contributed by atoms with Crippen LogP contribution in [0.4, 0.5) is 0 Å². The second kappa shape index (κ2) is 9.78. The summed E-state index contributed by atoms with van der Waals surface area (Å²) in [7, 11) is 3.20. The van der Waals surface area contributed by atoms with E-state index in [0.29, 0.717) is 18.9 Å². The molecule has 6 heteroatoms. The first kappa shape index (κ1) is 18.0. The number of ether oxygens (including phenoxy) is 2. The lowest BCUT2D eigenvalue weighted by Gasteiger charge is -2.17.